The minimum absolute atomic E-state index is 0.0564. The zero-order valence-electron chi connectivity index (χ0n) is 22.7. The molecule has 0 heterocycles. The van der Waals surface area contributed by atoms with Crippen molar-refractivity contribution in [3.63, 3.8) is 0 Å². The SMILES string of the molecule is COc1ccc(CN(C(=O)CN(c2ccc(Br)cc2)S(=O)(=O)c2ccccc2)[C@H](C)C(=O)NC(C)(C)C)cc1. The zero-order valence-corrected chi connectivity index (χ0v) is 25.1. The third-order valence-corrected chi connectivity index (χ3v) is 8.22. The summed E-state index contributed by atoms with van der Waals surface area (Å²) < 4.78 is 34.6. The first-order chi connectivity index (χ1) is 18.3. The summed E-state index contributed by atoms with van der Waals surface area (Å²) in [6.45, 7) is 6.81. The van der Waals surface area contributed by atoms with Crippen LogP contribution >= 0.6 is 15.9 Å². The normalized spacial score (nSPS) is 12.4. The summed E-state index contributed by atoms with van der Waals surface area (Å²) >= 11 is 3.37. The summed E-state index contributed by atoms with van der Waals surface area (Å²) in [6, 6.07) is 20.9. The van der Waals surface area contributed by atoms with Gasteiger partial charge in [0.05, 0.1) is 17.7 Å². The molecule has 0 fully saturated rings. The van der Waals surface area contributed by atoms with Gasteiger partial charge in [-0.2, -0.15) is 0 Å². The number of carbonyl (C=O) groups is 2. The highest BCUT2D eigenvalue weighted by atomic mass is 79.9. The molecular weight excluding hydrogens is 582 g/mol. The summed E-state index contributed by atoms with van der Waals surface area (Å²) in [5.74, 6) is -0.208. The second-order valence-electron chi connectivity index (χ2n) is 10.1. The van der Waals surface area contributed by atoms with Gasteiger partial charge in [-0.15, -0.1) is 0 Å². The van der Waals surface area contributed by atoms with Gasteiger partial charge in [0.2, 0.25) is 11.8 Å². The third kappa shape index (κ3) is 8.06. The fourth-order valence-corrected chi connectivity index (χ4v) is 5.54. The highest BCUT2D eigenvalue weighted by molar-refractivity contribution is 9.10. The van der Waals surface area contributed by atoms with E-state index in [1.807, 2.05) is 20.8 Å². The van der Waals surface area contributed by atoms with Gasteiger partial charge in [-0.25, -0.2) is 8.42 Å². The first kappa shape index (κ1) is 30.2. The number of nitrogens with zero attached hydrogens (tertiary/aromatic N) is 2. The van der Waals surface area contributed by atoms with Crippen LogP contribution in [0.5, 0.6) is 5.75 Å². The second kappa shape index (κ2) is 12.7. The van der Waals surface area contributed by atoms with Crippen LogP contribution in [0.25, 0.3) is 0 Å². The van der Waals surface area contributed by atoms with Gasteiger partial charge in [-0.3, -0.25) is 13.9 Å². The predicted octanol–water partition coefficient (Wildman–Crippen LogP) is 4.99. The van der Waals surface area contributed by atoms with Crippen LogP contribution in [0.4, 0.5) is 5.69 Å². The van der Waals surface area contributed by atoms with Crippen molar-refractivity contribution in [3.05, 3.63) is 88.9 Å². The Hall–Kier alpha value is -3.37. The maximum Gasteiger partial charge on any atom is 0.264 e. The van der Waals surface area contributed by atoms with Crippen LogP contribution in [0.2, 0.25) is 0 Å². The van der Waals surface area contributed by atoms with Crippen molar-refractivity contribution in [2.45, 2.75) is 50.7 Å². The monoisotopic (exact) mass is 615 g/mol. The first-order valence-corrected chi connectivity index (χ1v) is 14.6. The molecule has 39 heavy (non-hydrogen) atoms. The number of benzene rings is 3. The van der Waals surface area contributed by atoms with Gasteiger partial charge in [-0.1, -0.05) is 46.3 Å². The van der Waals surface area contributed by atoms with E-state index >= 15 is 0 Å². The minimum atomic E-state index is -4.10. The van der Waals surface area contributed by atoms with Gasteiger partial charge in [-0.05, 0) is 81.8 Å². The molecule has 0 saturated carbocycles. The highest BCUT2D eigenvalue weighted by Gasteiger charge is 2.33. The molecule has 2 amide bonds. The van der Waals surface area contributed by atoms with Gasteiger partial charge < -0.3 is 15.0 Å². The molecule has 0 aliphatic heterocycles. The minimum Gasteiger partial charge on any atom is -0.497 e. The number of methoxy groups -OCH3 is 1. The lowest BCUT2D eigenvalue weighted by molar-refractivity contribution is -0.140. The quantitative estimate of drug-likeness (QED) is 0.347. The molecule has 0 aliphatic rings. The van der Waals surface area contributed by atoms with Crippen molar-refractivity contribution in [1.82, 2.24) is 10.2 Å². The number of ether oxygens (including phenoxy) is 1. The molecule has 0 radical (unpaired) electrons. The maximum atomic E-state index is 13.9. The van der Waals surface area contributed by atoms with Crippen molar-refractivity contribution < 1.29 is 22.7 Å². The molecular formula is C29H34BrN3O5S. The van der Waals surface area contributed by atoms with Crippen LogP contribution in [-0.2, 0) is 26.2 Å². The molecule has 208 valence electrons. The van der Waals surface area contributed by atoms with Gasteiger partial charge in [0.25, 0.3) is 10.0 Å². The van der Waals surface area contributed by atoms with E-state index in [4.69, 9.17) is 4.74 Å². The Morgan fingerprint density at radius 3 is 2.08 bits per heavy atom. The molecule has 0 bridgehead atoms. The maximum absolute atomic E-state index is 13.9. The molecule has 1 N–H and O–H groups in total. The molecule has 3 rings (SSSR count). The zero-order chi connectivity index (χ0) is 28.8. The van der Waals surface area contributed by atoms with Crippen LogP contribution < -0.4 is 14.4 Å². The van der Waals surface area contributed by atoms with Crippen LogP contribution in [0, 0.1) is 0 Å². The molecule has 3 aromatic rings. The topological polar surface area (TPSA) is 96.0 Å². The number of nitrogens with one attached hydrogen (secondary N) is 1. The van der Waals surface area contributed by atoms with E-state index in [2.05, 4.69) is 21.2 Å². The number of hydrogen-bond donors (Lipinski definition) is 1. The van der Waals surface area contributed by atoms with E-state index in [1.54, 1.807) is 80.8 Å². The van der Waals surface area contributed by atoms with Gasteiger partial charge >= 0.3 is 0 Å². The number of sulfonamides is 1. The largest absolute Gasteiger partial charge is 0.497 e. The van der Waals surface area contributed by atoms with Crippen molar-refractivity contribution in [2.75, 3.05) is 18.0 Å². The standard InChI is InChI=1S/C29H34BrN3O5S/c1-21(28(35)31-29(2,3)4)32(19-22-11-17-25(38-5)18-12-22)27(34)20-33(24-15-13-23(30)14-16-24)39(36,37)26-9-7-6-8-10-26/h6-18,21H,19-20H2,1-5H3,(H,31,35)/t21-/m1/s1. The Morgan fingerprint density at radius 1 is 0.949 bits per heavy atom. The Labute approximate surface area is 239 Å². The smallest absolute Gasteiger partial charge is 0.264 e. The van der Waals surface area contributed by atoms with Crippen LogP contribution in [0.1, 0.15) is 33.3 Å². The summed E-state index contributed by atoms with van der Waals surface area (Å²) in [5, 5.41) is 2.92. The average molecular weight is 617 g/mol. The Kier molecular flexibility index (Phi) is 9.79. The molecule has 0 aromatic heterocycles. The van der Waals surface area contributed by atoms with E-state index in [0.717, 1.165) is 14.3 Å². The molecule has 0 spiro atoms. The van der Waals surface area contributed by atoms with Crippen molar-refractivity contribution in [2.24, 2.45) is 0 Å². The number of hydrogen-bond acceptors (Lipinski definition) is 5. The Morgan fingerprint density at radius 2 is 1.54 bits per heavy atom. The molecule has 3 aromatic carbocycles. The van der Waals surface area contributed by atoms with Crippen LogP contribution in [-0.4, -0.2) is 50.4 Å². The molecule has 1 atom stereocenters. The van der Waals surface area contributed by atoms with Gasteiger partial charge in [0.1, 0.15) is 18.3 Å². The molecule has 0 aliphatic carbocycles. The molecule has 0 saturated heterocycles. The average Bonchev–Trinajstić information content (AvgIpc) is 2.90. The summed E-state index contributed by atoms with van der Waals surface area (Å²) in [4.78, 5) is 28.5. The lowest BCUT2D eigenvalue weighted by Gasteiger charge is -2.33. The number of halogens is 1. The number of carbonyl (C=O) groups excluding carboxylic acids is 2. The van der Waals surface area contributed by atoms with E-state index in [1.165, 1.54) is 17.0 Å². The van der Waals surface area contributed by atoms with Crippen LogP contribution in [0.15, 0.2) is 88.2 Å². The van der Waals surface area contributed by atoms with Gasteiger partial charge in [0, 0.05) is 16.6 Å². The van der Waals surface area contributed by atoms with Crippen molar-refractivity contribution >= 4 is 43.5 Å². The summed E-state index contributed by atoms with van der Waals surface area (Å²) in [7, 11) is -2.54. The Bertz CT molecular complexity index is 1370. The van der Waals surface area contributed by atoms with E-state index in [9.17, 15) is 18.0 Å². The molecule has 0 unspecified atom stereocenters. The number of anilines is 1. The number of amides is 2. The lowest BCUT2D eigenvalue weighted by atomic mass is 10.1. The Balaban J connectivity index is 2.01. The first-order valence-electron chi connectivity index (χ1n) is 12.4. The second-order valence-corrected chi connectivity index (χ2v) is 12.9. The molecule has 8 nitrogen and oxygen atoms in total. The van der Waals surface area contributed by atoms with Crippen molar-refractivity contribution in [1.29, 1.82) is 0 Å². The fourth-order valence-electron chi connectivity index (χ4n) is 3.84. The fraction of sp³-hybridized carbons (Fsp3) is 0.310. The van der Waals surface area contributed by atoms with E-state index in [0.29, 0.717) is 11.4 Å². The third-order valence-electron chi connectivity index (χ3n) is 5.90. The highest BCUT2D eigenvalue weighted by Crippen LogP contribution is 2.26. The number of rotatable bonds is 10. The van der Waals surface area contributed by atoms with Gasteiger partial charge in [0.15, 0.2) is 0 Å². The predicted molar refractivity (Wildman–Crippen MR) is 156 cm³/mol. The van der Waals surface area contributed by atoms with Crippen molar-refractivity contribution in [3.8, 4) is 5.75 Å². The summed E-state index contributed by atoms with van der Waals surface area (Å²) in [5.41, 5.74) is 0.576. The van der Waals surface area contributed by atoms with E-state index in [-0.39, 0.29) is 17.3 Å². The molecule has 10 heteroatoms. The van der Waals surface area contributed by atoms with E-state index < -0.39 is 34.1 Å². The summed E-state index contributed by atoms with van der Waals surface area (Å²) in [6.07, 6.45) is 0. The van der Waals surface area contributed by atoms with Crippen LogP contribution in [0.3, 0.4) is 0 Å². The lowest BCUT2D eigenvalue weighted by Crippen LogP contribution is -2.54.